The third-order valence-corrected chi connectivity index (χ3v) is 11.7. The van der Waals surface area contributed by atoms with E-state index in [-0.39, 0.29) is 10.8 Å². The van der Waals surface area contributed by atoms with E-state index in [1.54, 1.807) is 0 Å². The zero-order chi connectivity index (χ0) is 34.5. The lowest BCUT2D eigenvalue weighted by Crippen LogP contribution is -2.18. The third kappa shape index (κ3) is 4.55. The van der Waals surface area contributed by atoms with E-state index in [1.165, 1.54) is 88.4 Å². The molecule has 248 valence electrons. The molecule has 0 unspecified atom stereocenters. The Kier molecular flexibility index (Phi) is 6.49. The van der Waals surface area contributed by atoms with Crippen molar-refractivity contribution in [1.29, 1.82) is 0 Å². The van der Waals surface area contributed by atoms with Gasteiger partial charge in [-0.3, -0.25) is 0 Å². The number of para-hydroxylation sites is 2. The van der Waals surface area contributed by atoms with Gasteiger partial charge in [0.25, 0.3) is 0 Å². The van der Waals surface area contributed by atoms with Gasteiger partial charge in [-0.05, 0) is 118 Å². The summed E-state index contributed by atoms with van der Waals surface area (Å²) in [5.74, 6) is 0. The van der Waals surface area contributed by atoms with Gasteiger partial charge < -0.3 is 9.13 Å². The smallest absolute Gasteiger partial charge is 0.0541 e. The second-order valence-corrected chi connectivity index (χ2v) is 16.0. The molecule has 0 radical (unpaired) electrons. The topological polar surface area (TPSA) is 9.86 Å². The Hall–Kier alpha value is -5.60. The summed E-state index contributed by atoms with van der Waals surface area (Å²) in [6, 6.07) is 47.9. The molecule has 2 aromatic heterocycles. The van der Waals surface area contributed by atoms with Crippen LogP contribution < -0.4 is 0 Å². The average Bonchev–Trinajstić information content (AvgIpc) is 3.73. The highest BCUT2D eigenvalue weighted by Gasteiger charge is 2.43. The van der Waals surface area contributed by atoms with Crippen LogP contribution in [0.25, 0.3) is 77.2 Å². The number of aromatic nitrogens is 2. The minimum absolute atomic E-state index is 0.122. The molecule has 2 aliphatic carbocycles. The number of fused-ring (bicyclic) bond motifs is 7. The molecule has 0 atom stereocenters. The quantitative estimate of drug-likeness (QED) is 0.178. The summed E-state index contributed by atoms with van der Waals surface area (Å²) in [5, 5.41) is 5.14. The van der Waals surface area contributed by atoms with Gasteiger partial charge in [-0.1, -0.05) is 119 Å². The van der Waals surface area contributed by atoms with E-state index in [1.807, 2.05) is 0 Å². The molecular weight excluding hydrogens is 617 g/mol. The van der Waals surface area contributed by atoms with Crippen molar-refractivity contribution >= 4 is 49.3 Å². The van der Waals surface area contributed by atoms with Crippen molar-refractivity contribution in [3.63, 3.8) is 0 Å². The number of allylic oxidation sites excluding steroid dienone is 4. The van der Waals surface area contributed by atoms with Crippen LogP contribution >= 0.6 is 0 Å². The predicted molar refractivity (Wildman–Crippen MR) is 218 cm³/mol. The standard InChI is InChI=1S/C49H42N2/c1-48(2)31-49(3,4)47-37(20-13-21-42(47)48)34-14-12-17-36(28-34)51-44-23-11-9-19-39(44)41-30-33(25-27-46(41)51)32-24-26-45-40(29-32)38-18-8-10-22-43(38)50(45)35-15-6-5-7-16-35/h6,8-30H,5,7,31H2,1-4H3. The SMILES string of the molecule is CC1(C)CC(C)(C)c2c(-c3cccc(-n4c5ccccc5c5cc(-c6ccc7c(c6)c6ccccc6n7C6=CCCC=C6)ccc54)c3)cccc21. The first-order chi connectivity index (χ1) is 24.8. The summed E-state index contributed by atoms with van der Waals surface area (Å²) in [6.45, 7) is 9.63. The summed E-state index contributed by atoms with van der Waals surface area (Å²) in [4.78, 5) is 0. The summed E-state index contributed by atoms with van der Waals surface area (Å²) < 4.78 is 4.89. The molecule has 2 heterocycles. The average molecular weight is 659 g/mol. The van der Waals surface area contributed by atoms with Gasteiger partial charge >= 0.3 is 0 Å². The van der Waals surface area contributed by atoms with Gasteiger partial charge in [-0.25, -0.2) is 0 Å². The first-order valence-electron chi connectivity index (χ1n) is 18.5. The first kappa shape index (κ1) is 30.2. The lowest BCUT2D eigenvalue weighted by molar-refractivity contribution is 0.403. The molecule has 0 fully saturated rings. The van der Waals surface area contributed by atoms with Gasteiger partial charge in [0, 0.05) is 32.9 Å². The van der Waals surface area contributed by atoms with Crippen LogP contribution in [0.5, 0.6) is 0 Å². The second-order valence-electron chi connectivity index (χ2n) is 16.0. The normalized spacial score (nSPS) is 16.4. The van der Waals surface area contributed by atoms with Crippen LogP contribution in [0, 0.1) is 0 Å². The lowest BCUT2D eigenvalue weighted by atomic mass is 9.80. The van der Waals surface area contributed by atoms with E-state index in [0.717, 1.165) is 19.3 Å². The van der Waals surface area contributed by atoms with Crippen molar-refractivity contribution in [3.8, 4) is 27.9 Å². The van der Waals surface area contributed by atoms with Crippen LogP contribution in [0.2, 0.25) is 0 Å². The Morgan fingerprint density at radius 3 is 1.80 bits per heavy atom. The minimum Gasteiger partial charge on any atom is -0.310 e. The van der Waals surface area contributed by atoms with Crippen LogP contribution in [0.4, 0.5) is 0 Å². The van der Waals surface area contributed by atoms with Gasteiger partial charge in [0.05, 0.1) is 22.1 Å². The molecule has 0 aliphatic heterocycles. The summed E-state index contributed by atoms with van der Waals surface area (Å²) in [6.07, 6.45) is 10.3. The van der Waals surface area contributed by atoms with Crippen molar-refractivity contribution < 1.29 is 0 Å². The summed E-state index contributed by atoms with van der Waals surface area (Å²) in [5.41, 5.74) is 15.8. The zero-order valence-electron chi connectivity index (χ0n) is 29.9. The first-order valence-corrected chi connectivity index (χ1v) is 18.5. The molecule has 0 saturated carbocycles. The van der Waals surface area contributed by atoms with Crippen LogP contribution in [0.1, 0.15) is 58.1 Å². The maximum absolute atomic E-state index is 2.46. The second kappa shape index (κ2) is 10.9. The van der Waals surface area contributed by atoms with Crippen molar-refractivity contribution in [2.24, 2.45) is 0 Å². The lowest BCUT2D eigenvalue weighted by Gasteiger charge is -2.24. The molecular formula is C49H42N2. The number of hydrogen-bond acceptors (Lipinski definition) is 0. The van der Waals surface area contributed by atoms with E-state index in [4.69, 9.17) is 0 Å². The van der Waals surface area contributed by atoms with Crippen LogP contribution in [0.15, 0.2) is 146 Å². The van der Waals surface area contributed by atoms with E-state index in [9.17, 15) is 0 Å². The minimum atomic E-state index is 0.122. The van der Waals surface area contributed by atoms with Gasteiger partial charge in [-0.2, -0.15) is 0 Å². The highest BCUT2D eigenvalue weighted by atomic mass is 15.0. The number of rotatable bonds is 4. The monoisotopic (exact) mass is 658 g/mol. The highest BCUT2D eigenvalue weighted by Crippen LogP contribution is 2.52. The molecule has 0 N–H and O–H groups in total. The van der Waals surface area contributed by atoms with Gasteiger partial charge in [0.1, 0.15) is 0 Å². The molecule has 0 saturated heterocycles. The van der Waals surface area contributed by atoms with E-state index in [0.29, 0.717) is 0 Å². The number of benzene rings is 6. The van der Waals surface area contributed by atoms with Gasteiger partial charge in [0.15, 0.2) is 0 Å². The molecule has 8 aromatic rings. The molecule has 6 aromatic carbocycles. The fraction of sp³-hybridized carbons (Fsp3) is 0.184. The Balaban J connectivity index is 1.12. The predicted octanol–water partition coefficient (Wildman–Crippen LogP) is 13.4. The van der Waals surface area contributed by atoms with E-state index >= 15 is 0 Å². The molecule has 0 spiro atoms. The maximum atomic E-state index is 2.46. The molecule has 0 amide bonds. The summed E-state index contributed by atoms with van der Waals surface area (Å²) in [7, 11) is 0. The molecule has 2 nitrogen and oxygen atoms in total. The molecule has 2 heteroatoms. The van der Waals surface area contributed by atoms with E-state index < -0.39 is 0 Å². The fourth-order valence-electron chi connectivity index (χ4n) is 9.81. The Morgan fingerprint density at radius 2 is 1.12 bits per heavy atom. The van der Waals surface area contributed by atoms with Crippen molar-refractivity contribution in [3.05, 3.63) is 157 Å². The number of hydrogen-bond donors (Lipinski definition) is 0. The van der Waals surface area contributed by atoms with Gasteiger partial charge in [-0.15, -0.1) is 0 Å². The zero-order valence-corrected chi connectivity index (χ0v) is 29.9. The van der Waals surface area contributed by atoms with Crippen LogP contribution in [-0.4, -0.2) is 9.13 Å². The Morgan fingerprint density at radius 1 is 0.490 bits per heavy atom. The largest absolute Gasteiger partial charge is 0.310 e. The van der Waals surface area contributed by atoms with Crippen molar-refractivity contribution in [1.82, 2.24) is 9.13 Å². The van der Waals surface area contributed by atoms with Crippen LogP contribution in [0.3, 0.4) is 0 Å². The van der Waals surface area contributed by atoms with Gasteiger partial charge in [0.2, 0.25) is 0 Å². The third-order valence-electron chi connectivity index (χ3n) is 11.7. The maximum Gasteiger partial charge on any atom is 0.0541 e. The molecule has 10 rings (SSSR count). The van der Waals surface area contributed by atoms with Crippen molar-refractivity contribution in [2.45, 2.75) is 57.8 Å². The van der Waals surface area contributed by atoms with Crippen LogP contribution in [-0.2, 0) is 10.8 Å². The summed E-state index contributed by atoms with van der Waals surface area (Å²) >= 11 is 0. The Labute approximate surface area is 300 Å². The van der Waals surface area contributed by atoms with Crippen molar-refractivity contribution in [2.75, 3.05) is 0 Å². The highest BCUT2D eigenvalue weighted by molar-refractivity contribution is 6.13. The van der Waals surface area contributed by atoms with E-state index in [2.05, 4.69) is 182 Å². The molecule has 0 bridgehead atoms. The molecule has 2 aliphatic rings. The Bertz CT molecular complexity index is 2780. The number of nitrogens with zero attached hydrogens (tertiary/aromatic N) is 2. The molecule has 51 heavy (non-hydrogen) atoms. The fourth-order valence-corrected chi connectivity index (χ4v) is 9.81.